The standard InChI is InChI=1S/C14H21BrN2/c1-5-14(4,10-17-11(2)3)8-13-7-6-12(15)9-16-13/h5-7,9,11,17H,1,8,10H2,2-4H3. The van der Waals surface area contributed by atoms with Crippen LogP contribution in [0.1, 0.15) is 26.5 Å². The summed E-state index contributed by atoms with van der Waals surface area (Å²) in [6.45, 7) is 11.4. The van der Waals surface area contributed by atoms with Crippen molar-refractivity contribution in [3.63, 3.8) is 0 Å². The number of nitrogens with one attached hydrogen (secondary N) is 1. The van der Waals surface area contributed by atoms with E-state index < -0.39 is 0 Å². The minimum atomic E-state index is 0.0467. The van der Waals surface area contributed by atoms with Crippen LogP contribution < -0.4 is 5.32 Å². The van der Waals surface area contributed by atoms with Gasteiger partial charge in [-0.1, -0.05) is 26.8 Å². The molecule has 0 aliphatic carbocycles. The van der Waals surface area contributed by atoms with Crippen LogP contribution in [0.15, 0.2) is 35.5 Å². The Bertz CT molecular complexity index is 359. The fraction of sp³-hybridized carbons (Fsp3) is 0.500. The van der Waals surface area contributed by atoms with Crippen molar-refractivity contribution >= 4 is 15.9 Å². The van der Waals surface area contributed by atoms with Crippen molar-refractivity contribution in [1.29, 1.82) is 0 Å². The first-order valence-electron chi connectivity index (χ1n) is 5.92. The zero-order valence-electron chi connectivity index (χ0n) is 10.8. The van der Waals surface area contributed by atoms with E-state index in [1.165, 1.54) is 0 Å². The van der Waals surface area contributed by atoms with E-state index >= 15 is 0 Å². The highest BCUT2D eigenvalue weighted by molar-refractivity contribution is 9.10. The molecule has 1 rings (SSSR count). The van der Waals surface area contributed by atoms with Gasteiger partial charge in [0.25, 0.3) is 0 Å². The first kappa shape index (κ1) is 14.4. The molecule has 0 aliphatic heterocycles. The largest absolute Gasteiger partial charge is 0.314 e. The first-order valence-corrected chi connectivity index (χ1v) is 6.72. The molecule has 0 fully saturated rings. The number of aromatic nitrogens is 1. The van der Waals surface area contributed by atoms with E-state index in [-0.39, 0.29) is 5.41 Å². The topological polar surface area (TPSA) is 24.9 Å². The van der Waals surface area contributed by atoms with Crippen LogP contribution in [0.25, 0.3) is 0 Å². The van der Waals surface area contributed by atoms with Crippen LogP contribution in [-0.2, 0) is 6.42 Å². The molecule has 1 atom stereocenters. The van der Waals surface area contributed by atoms with Gasteiger partial charge in [-0.15, -0.1) is 6.58 Å². The molecule has 1 unspecified atom stereocenters. The molecule has 0 aliphatic rings. The molecule has 0 aromatic carbocycles. The zero-order chi connectivity index (χ0) is 12.9. The summed E-state index contributed by atoms with van der Waals surface area (Å²) in [7, 11) is 0. The van der Waals surface area contributed by atoms with E-state index in [1.54, 1.807) is 0 Å². The molecule has 1 heterocycles. The van der Waals surface area contributed by atoms with Crippen LogP contribution in [0.3, 0.4) is 0 Å². The van der Waals surface area contributed by atoms with Gasteiger partial charge in [-0.3, -0.25) is 4.98 Å². The van der Waals surface area contributed by atoms with Crippen LogP contribution in [0, 0.1) is 5.41 Å². The van der Waals surface area contributed by atoms with Gasteiger partial charge >= 0.3 is 0 Å². The molecule has 0 saturated carbocycles. The van der Waals surface area contributed by atoms with Crippen LogP contribution in [0.4, 0.5) is 0 Å². The predicted octanol–water partition coefficient (Wildman–Crippen LogP) is 3.58. The van der Waals surface area contributed by atoms with Gasteiger partial charge in [0.2, 0.25) is 0 Å². The van der Waals surface area contributed by atoms with Crippen molar-refractivity contribution in [3.05, 3.63) is 41.2 Å². The molecule has 0 amide bonds. The van der Waals surface area contributed by atoms with Crippen molar-refractivity contribution < 1.29 is 0 Å². The summed E-state index contributed by atoms with van der Waals surface area (Å²) in [5.41, 5.74) is 1.15. The Morgan fingerprint density at radius 1 is 1.53 bits per heavy atom. The fourth-order valence-corrected chi connectivity index (χ4v) is 1.80. The summed E-state index contributed by atoms with van der Waals surface area (Å²) >= 11 is 3.40. The summed E-state index contributed by atoms with van der Waals surface area (Å²) in [5.74, 6) is 0. The molecular weight excluding hydrogens is 276 g/mol. The Balaban J connectivity index is 2.67. The van der Waals surface area contributed by atoms with E-state index in [2.05, 4.69) is 59.6 Å². The summed E-state index contributed by atoms with van der Waals surface area (Å²) in [6.07, 6.45) is 4.77. The lowest BCUT2D eigenvalue weighted by Crippen LogP contribution is -2.36. The predicted molar refractivity (Wildman–Crippen MR) is 77.1 cm³/mol. The van der Waals surface area contributed by atoms with Crippen molar-refractivity contribution in [2.75, 3.05) is 6.54 Å². The monoisotopic (exact) mass is 296 g/mol. The normalized spacial score (nSPS) is 14.6. The van der Waals surface area contributed by atoms with Gasteiger partial charge in [-0.25, -0.2) is 0 Å². The molecule has 2 nitrogen and oxygen atoms in total. The lowest BCUT2D eigenvalue weighted by Gasteiger charge is -2.27. The number of pyridine rings is 1. The third kappa shape index (κ3) is 5.00. The van der Waals surface area contributed by atoms with Crippen molar-refractivity contribution in [2.45, 2.75) is 33.2 Å². The maximum absolute atomic E-state index is 4.42. The summed E-state index contributed by atoms with van der Waals surface area (Å²) in [4.78, 5) is 4.42. The van der Waals surface area contributed by atoms with Crippen molar-refractivity contribution in [1.82, 2.24) is 10.3 Å². The second kappa shape index (κ2) is 6.31. The molecule has 1 aromatic heterocycles. The Morgan fingerprint density at radius 2 is 2.24 bits per heavy atom. The van der Waals surface area contributed by atoms with E-state index in [0.717, 1.165) is 23.1 Å². The van der Waals surface area contributed by atoms with Crippen molar-refractivity contribution in [2.24, 2.45) is 5.41 Å². The highest BCUT2D eigenvalue weighted by atomic mass is 79.9. The summed E-state index contributed by atoms with van der Waals surface area (Å²) in [5, 5.41) is 3.46. The molecule has 0 saturated heterocycles. The Labute approximate surface area is 113 Å². The number of rotatable bonds is 6. The minimum Gasteiger partial charge on any atom is -0.314 e. The van der Waals surface area contributed by atoms with Gasteiger partial charge in [-0.05, 0) is 34.5 Å². The molecule has 3 heteroatoms. The van der Waals surface area contributed by atoms with Crippen LogP contribution >= 0.6 is 15.9 Å². The lowest BCUT2D eigenvalue weighted by molar-refractivity contribution is 0.370. The maximum atomic E-state index is 4.42. The quantitative estimate of drug-likeness (QED) is 0.812. The highest BCUT2D eigenvalue weighted by Gasteiger charge is 2.21. The molecule has 0 radical (unpaired) electrons. The van der Waals surface area contributed by atoms with Crippen LogP contribution in [0.2, 0.25) is 0 Å². The van der Waals surface area contributed by atoms with E-state index in [9.17, 15) is 0 Å². The average Bonchev–Trinajstić information content (AvgIpc) is 2.30. The lowest BCUT2D eigenvalue weighted by atomic mass is 9.85. The smallest absolute Gasteiger partial charge is 0.0413 e. The average molecular weight is 297 g/mol. The molecule has 0 spiro atoms. The van der Waals surface area contributed by atoms with Gasteiger partial charge in [0.15, 0.2) is 0 Å². The SMILES string of the molecule is C=CC(C)(CNC(C)C)Cc1ccc(Br)cn1. The molecule has 94 valence electrons. The van der Waals surface area contributed by atoms with E-state index in [0.29, 0.717) is 6.04 Å². The minimum absolute atomic E-state index is 0.0467. The van der Waals surface area contributed by atoms with E-state index in [4.69, 9.17) is 0 Å². The van der Waals surface area contributed by atoms with E-state index in [1.807, 2.05) is 18.3 Å². The molecular formula is C14H21BrN2. The number of hydrogen-bond donors (Lipinski definition) is 1. The molecule has 0 bridgehead atoms. The van der Waals surface area contributed by atoms with Gasteiger partial charge in [-0.2, -0.15) is 0 Å². The Morgan fingerprint density at radius 3 is 2.71 bits per heavy atom. The maximum Gasteiger partial charge on any atom is 0.0413 e. The third-order valence-corrected chi connectivity index (χ3v) is 3.25. The van der Waals surface area contributed by atoms with Gasteiger partial charge in [0.1, 0.15) is 0 Å². The Hall–Kier alpha value is -0.670. The first-order chi connectivity index (χ1) is 7.95. The second-order valence-electron chi connectivity index (χ2n) is 5.04. The second-order valence-corrected chi connectivity index (χ2v) is 5.95. The highest BCUT2D eigenvalue weighted by Crippen LogP contribution is 2.23. The van der Waals surface area contributed by atoms with Crippen LogP contribution in [0.5, 0.6) is 0 Å². The number of halogens is 1. The van der Waals surface area contributed by atoms with Crippen molar-refractivity contribution in [3.8, 4) is 0 Å². The molecule has 1 aromatic rings. The van der Waals surface area contributed by atoms with Crippen LogP contribution in [-0.4, -0.2) is 17.6 Å². The zero-order valence-corrected chi connectivity index (χ0v) is 12.4. The van der Waals surface area contributed by atoms with Gasteiger partial charge < -0.3 is 5.32 Å². The summed E-state index contributed by atoms with van der Waals surface area (Å²) in [6, 6.07) is 4.58. The molecule has 17 heavy (non-hydrogen) atoms. The summed E-state index contributed by atoms with van der Waals surface area (Å²) < 4.78 is 1.02. The molecule has 1 N–H and O–H groups in total. The fourth-order valence-electron chi connectivity index (χ4n) is 1.57. The van der Waals surface area contributed by atoms with Gasteiger partial charge in [0, 0.05) is 34.4 Å². The number of nitrogens with zero attached hydrogens (tertiary/aromatic N) is 1. The number of hydrogen-bond acceptors (Lipinski definition) is 2. The third-order valence-electron chi connectivity index (χ3n) is 2.78. The Kier molecular flexibility index (Phi) is 5.34. The van der Waals surface area contributed by atoms with Gasteiger partial charge in [0.05, 0.1) is 0 Å².